The average Bonchev–Trinajstić information content (AvgIpc) is 3.06. The predicted octanol–water partition coefficient (Wildman–Crippen LogP) is 4.00. The van der Waals surface area contributed by atoms with Gasteiger partial charge >= 0.3 is 0 Å². The molecule has 0 saturated heterocycles. The normalized spacial score (nSPS) is 11.5. The van der Waals surface area contributed by atoms with E-state index in [0.29, 0.717) is 22.7 Å². The molecule has 130 valence electrons. The van der Waals surface area contributed by atoms with Crippen molar-refractivity contribution in [3.63, 3.8) is 0 Å². The molecule has 4 aromatic rings. The van der Waals surface area contributed by atoms with Crippen molar-refractivity contribution in [1.29, 1.82) is 0 Å². The van der Waals surface area contributed by atoms with Gasteiger partial charge in [0.25, 0.3) is 10.0 Å². The second kappa shape index (κ2) is 6.20. The molecule has 6 nitrogen and oxygen atoms in total. The minimum atomic E-state index is -3.92. The summed E-state index contributed by atoms with van der Waals surface area (Å²) in [7, 11) is -3.92. The Bertz CT molecular complexity index is 1180. The average molecular weight is 366 g/mol. The van der Waals surface area contributed by atoms with Crippen LogP contribution in [0.2, 0.25) is 0 Å². The summed E-state index contributed by atoms with van der Waals surface area (Å²) >= 11 is 0. The Hall–Kier alpha value is -3.32. The number of aromatic hydroxyl groups is 1. The van der Waals surface area contributed by atoms with Crippen LogP contribution in [0.15, 0.2) is 82.1 Å². The van der Waals surface area contributed by atoms with Crippen LogP contribution >= 0.6 is 0 Å². The zero-order valence-electron chi connectivity index (χ0n) is 13.5. The fraction of sp³-hybridized carbons (Fsp3) is 0. The molecule has 0 fully saturated rings. The molecular formula is C19H14N2O4S. The molecule has 4 rings (SSSR count). The SMILES string of the molecule is O=S(=O)(Nc1ccc2oc(-c3ccccc3)nc2c1)c1ccccc1O. The van der Waals surface area contributed by atoms with Gasteiger partial charge in [0.1, 0.15) is 16.2 Å². The second-order valence-electron chi connectivity index (χ2n) is 5.64. The minimum Gasteiger partial charge on any atom is -0.507 e. The third-order valence-corrected chi connectivity index (χ3v) is 5.24. The van der Waals surface area contributed by atoms with Gasteiger partial charge < -0.3 is 9.52 Å². The number of fused-ring (bicyclic) bond motifs is 1. The molecule has 26 heavy (non-hydrogen) atoms. The summed E-state index contributed by atoms with van der Waals surface area (Å²) in [6, 6.07) is 20.0. The lowest BCUT2D eigenvalue weighted by Gasteiger charge is -2.09. The molecule has 2 N–H and O–H groups in total. The Morgan fingerprint density at radius 3 is 2.42 bits per heavy atom. The third-order valence-electron chi connectivity index (χ3n) is 3.82. The van der Waals surface area contributed by atoms with Crippen LogP contribution < -0.4 is 4.72 Å². The highest BCUT2D eigenvalue weighted by Gasteiger charge is 2.19. The summed E-state index contributed by atoms with van der Waals surface area (Å²) in [6.45, 7) is 0. The summed E-state index contributed by atoms with van der Waals surface area (Å²) < 4.78 is 33.1. The molecule has 0 bridgehead atoms. The van der Waals surface area contributed by atoms with Crippen LogP contribution in [-0.2, 0) is 10.0 Å². The molecule has 0 unspecified atom stereocenters. The maximum Gasteiger partial charge on any atom is 0.265 e. The molecule has 0 aliphatic heterocycles. The van der Waals surface area contributed by atoms with Crippen LogP contribution in [0.1, 0.15) is 0 Å². The highest BCUT2D eigenvalue weighted by molar-refractivity contribution is 7.92. The number of para-hydroxylation sites is 1. The van der Waals surface area contributed by atoms with Gasteiger partial charge in [-0.2, -0.15) is 0 Å². The number of phenols is 1. The molecule has 0 spiro atoms. The molecule has 0 atom stereocenters. The highest BCUT2D eigenvalue weighted by Crippen LogP contribution is 2.28. The highest BCUT2D eigenvalue weighted by atomic mass is 32.2. The van der Waals surface area contributed by atoms with Crippen molar-refractivity contribution in [2.24, 2.45) is 0 Å². The molecule has 0 aliphatic carbocycles. The maximum absolute atomic E-state index is 12.5. The summed E-state index contributed by atoms with van der Waals surface area (Å²) in [5.74, 6) is 0.148. The molecule has 7 heteroatoms. The van der Waals surface area contributed by atoms with Gasteiger partial charge in [-0.25, -0.2) is 13.4 Å². The smallest absolute Gasteiger partial charge is 0.265 e. The first-order valence-electron chi connectivity index (χ1n) is 7.80. The van der Waals surface area contributed by atoms with E-state index in [2.05, 4.69) is 9.71 Å². The monoisotopic (exact) mass is 366 g/mol. The van der Waals surface area contributed by atoms with Crippen LogP contribution in [0.3, 0.4) is 0 Å². The Labute approximate surface area is 149 Å². The van der Waals surface area contributed by atoms with Crippen LogP contribution in [0, 0.1) is 0 Å². The Morgan fingerprint density at radius 2 is 1.65 bits per heavy atom. The predicted molar refractivity (Wildman–Crippen MR) is 98.4 cm³/mol. The van der Waals surface area contributed by atoms with E-state index in [9.17, 15) is 13.5 Å². The lowest BCUT2D eigenvalue weighted by Crippen LogP contribution is -2.12. The van der Waals surface area contributed by atoms with E-state index in [-0.39, 0.29) is 10.6 Å². The first-order valence-corrected chi connectivity index (χ1v) is 9.28. The number of sulfonamides is 1. The van der Waals surface area contributed by atoms with Crippen molar-refractivity contribution < 1.29 is 17.9 Å². The zero-order valence-corrected chi connectivity index (χ0v) is 14.3. The van der Waals surface area contributed by atoms with E-state index in [1.807, 2.05) is 30.3 Å². The number of rotatable bonds is 4. The van der Waals surface area contributed by atoms with Crippen LogP contribution in [0.4, 0.5) is 5.69 Å². The molecular weight excluding hydrogens is 352 g/mol. The van der Waals surface area contributed by atoms with Crippen LogP contribution in [0.5, 0.6) is 5.75 Å². The molecule has 3 aromatic carbocycles. The number of nitrogens with one attached hydrogen (secondary N) is 1. The Morgan fingerprint density at radius 1 is 0.923 bits per heavy atom. The van der Waals surface area contributed by atoms with Gasteiger partial charge in [0.15, 0.2) is 5.58 Å². The van der Waals surface area contributed by atoms with Crippen molar-refractivity contribution in [3.8, 4) is 17.2 Å². The zero-order chi connectivity index (χ0) is 18.1. The van der Waals surface area contributed by atoms with Gasteiger partial charge in [-0.1, -0.05) is 30.3 Å². The summed E-state index contributed by atoms with van der Waals surface area (Å²) in [6.07, 6.45) is 0. The number of nitrogens with zero attached hydrogens (tertiary/aromatic N) is 1. The first kappa shape index (κ1) is 16.2. The topological polar surface area (TPSA) is 92.4 Å². The third kappa shape index (κ3) is 3.00. The van der Waals surface area contributed by atoms with Gasteiger partial charge in [0.05, 0.1) is 5.69 Å². The van der Waals surface area contributed by atoms with Crippen molar-refractivity contribution in [3.05, 3.63) is 72.8 Å². The number of benzene rings is 3. The molecule has 0 amide bonds. The fourth-order valence-electron chi connectivity index (χ4n) is 2.59. The summed E-state index contributed by atoms with van der Waals surface area (Å²) in [5.41, 5.74) is 2.24. The van der Waals surface area contributed by atoms with Crippen molar-refractivity contribution >= 4 is 26.8 Å². The molecule has 1 heterocycles. The number of hydrogen-bond acceptors (Lipinski definition) is 5. The van der Waals surface area contributed by atoms with Gasteiger partial charge in [-0.15, -0.1) is 0 Å². The number of aromatic nitrogens is 1. The van der Waals surface area contributed by atoms with Crippen molar-refractivity contribution in [1.82, 2.24) is 4.98 Å². The quantitative estimate of drug-likeness (QED) is 0.569. The second-order valence-corrected chi connectivity index (χ2v) is 7.29. The standard InChI is InChI=1S/C19H14N2O4S/c22-16-8-4-5-9-18(16)26(23,24)21-14-10-11-17-15(12-14)20-19(25-17)13-6-2-1-3-7-13/h1-12,21-22H. The van der Waals surface area contributed by atoms with Crippen molar-refractivity contribution in [2.75, 3.05) is 4.72 Å². The molecule has 1 aromatic heterocycles. The van der Waals surface area contributed by atoms with E-state index in [4.69, 9.17) is 4.42 Å². The van der Waals surface area contributed by atoms with E-state index in [0.717, 1.165) is 5.56 Å². The molecule has 0 radical (unpaired) electrons. The number of oxazole rings is 1. The lowest BCUT2D eigenvalue weighted by molar-refractivity contribution is 0.459. The van der Waals surface area contributed by atoms with Gasteiger partial charge in [-0.3, -0.25) is 4.72 Å². The van der Waals surface area contributed by atoms with Gasteiger partial charge in [-0.05, 0) is 42.5 Å². The Kier molecular flexibility index (Phi) is 3.85. The molecule has 0 aliphatic rings. The summed E-state index contributed by atoms with van der Waals surface area (Å²) in [4.78, 5) is 4.22. The number of phenolic OH excluding ortho intramolecular Hbond substituents is 1. The molecule has 0 saturated carbocycles. The van der Waals surface area contributed by atoms with Gasteiger partial charge in [0, 0.05) is 5.56 Å². The first-order chi connectivity index (χ1) is 12.5. The van der Waals surface area contributed by atoms with E-state index in [1.54, 1.807) is 30.3 Å². The van der Waals surface area contributed by atoms with Crippen LogP contribution in [-0.4, -0.2) is 18.5 Å². The fourth-order valence-corrected chi connectivity index (χ4v) is 3.74. The van der Waals surface area contributed by atoms with E-state index >= 15 is 0 Å². The van der Waals surface area contributed by atoms with Gasteiger partial charge in [0.2, 0.25) is 5.89 Å². The summed E-state index contributed by atoms with van der Waals surface area (Å²) in [5, 5.41) is 9.78. The van der Waals surface area contributed by atoms with E-state index in [1.165, 1.54) is 12.1 Å². The van der Waals surface area contributed by atoms with Crippen molar-refractivity contribution in [2.45, 2.75) is 4.90 Å². The maximum atomic E-state index is 12.5. The van der Waals surface area contributed by atoms with E-state index < -0.39 is 10.0 Å². The van der Waals surface area contributed by atoms with Crippen LogP contribution in [0.25, 0.3) is 22.6 Å². The Balaban J connectivity index is 1.69. The number of hydrogen-bond donors (Lipinski definition) is 2. The minimum absolute atomic E-state index is 0.190. The lowest BCUT2D eigenvalue weighted by atomic mass is 10.2. The number of anilines is 1. The largest absolute Gasteiger partial charge is 0.507 e.